The molecule has 2 aromatic rings. The first-order valence-electron chi connectivity index (χ1n) is 10.3. The van der Waals surface area contributed by atoms with Crippen LogP contribution in [0.4, 0.5) is 29.3 Å². The second-order valence-electron chi connectivity index (χ2n) is 8.26. The average Bonchev–Trinajstić information content (AvgIpc) is 3.05. The van der Waals surface area contributed by atoms with Crippen molar-refractivity contribution in [2.24, 2.45) is 0 Å². The molecule has 2 aliphatic rings. The highest BCUT2D eigenvalue weighted by Gasteiger charge is 2.44. The van der Waals surface area contributed by atoms with Crippen LogP contribution in [0.15, 0.2) is 12.3 Å². The summed E-state index contributed by atoms with van der Waals surface area (Å²) in [5.41, 5.74) is -0.373. The van der Waals surface area contributed by atoms with Crippen LogP contribution in [0.25, 0.3) is 10.9 Å². The molecule has 13 heteroatoms. The Kier molecular flexibility index (Phi) is 6.14. The van der Waals surface area contributed by atoms with Crippen molar-refractivity contribution in [3.63, 3.8) is 0 Å². The van der Waals surface area contributed by atoms with Gasteiger partial charge in [0, 0.05) is 37.1 Å². The van der Waals surface area contributed by atoms with Gasteiger partial charge in [0.05, 0.1) is 12.3 Å². The van der Waals surface area contributed by atoms with Crippen LogP contribution in [0.5, 0.6) is 0 Å². The predicted molar refractivity (Wildman–Crippen MR) is 112 cm³/mol. The van der Waals surface area contributed by atoms with E-state index in [4.69, 9.17) is 0 Å². The molecule has 2 fully saturated rings. The van der Waals surface area contributed by atoms with Crippen LogP contribution in [0.1, 0.15) is 44.2 Å². The third kappa shape index (κ3) is 4.87. The third-order valence-electron chi connectivity index (χ3n) is 5.89. The van der Waals surface area contributed by atoms with E-state index in [1.54, 1.807) is 0 Å². The van der Waals surface area contributed by atoms with E-state index in [0.717, 1.165) is 12.3 Å². The summed E-state index contributed by atoms with van der Waals surface area (Å²) in [5.74, 6) is -2.89. The van der Waals surface area contributed by atoms with Crippen LogP contribution < -0.4 is 10.6 Å². The highest BCUT2D eigenvalue weighted by atomic mass is 32.2. The number of nitrogens with one attached hydrogen (secondary N) is 2. The van der Waals surface area contributed by atoms with Gasteiger partial charge in [-0.25, -0.2) is 45.2 Å². The van der Waals surface area contributed by atoms with Gasteiger partial charge in [0.25, 0.3) is 12.3 Å². The largest absolute Gasteiger partial charge is 0.359 e. The molecule has 176 valence electrons. The SMILES string of the molecule is CS(=O)(=O)N1CCC(Nc2ncc3cc(C(F)F)nc(N[C@H]4CCCC4(F)F)c3n2)CC1. The number of rotatable bonds is 6. The Balaban J connectivity index is 1.59. The monoisotopic (exact) mass is 476 g/mol. The lowest BCUT2D eigenvalue weighted by molar-refractivity contribution is -0.000663. The minimum atomic E-state index is -3.25. The lowest BCUT2D eigenvalue weighted by atomic mass is 10.1. The molecular weight excluding hydrogens is 452 g/mol. The Bertz CT molecular complexity index is 1090. The fraction of sp³-hybridized carbons (Fsp3) is 0.632. The summed E-state index contributed by atoms with van der Waals surface area (Å²) < 4.78 is 79.6. The third-order valence-corrected chi connectivity index (χ3v) is 7.19. The molecule has 3 heterocycles. The second kappa shape index (κ2) is 8.58. The van der Waals surface area contributed by atoms with Crippen molar-refractivity contribution in [3.8, 4) is 0 Å². The molecule has 1 atom stereocenters. The molecule has 0 aromatic carbocycles. The fourth-order valence-electron chi connectivity index (χ4n) is 4.13. The Hall–Kier alpha value is -2.28. The smallest absolute Gasteiger partial charge is 0.280 e. The molecular formula is C19H24F4N6O2S. The number of hydrogen-bond donors (Lipinski definition) is 2. The summed E-state index contributed by atoms with van der Waals surface area (Å²) >= 11 is 0. The highest BCUT2D eigenvalue weighted by Crippen LogP contribution is 2.38. The van der Waals surface area contributed by atoms with Gasteiger partial charge in [-0.15, -0.1) is 0 Å². The van der Waals surface area contributed by atoms with Crippen molar-refractivity contribution < 1.29 is 26.0 Å². The van der Waals surface area contributed by atoms with E-state index in [-0.39, 0.29) is 41.6 Å². The number of anilines is 2. The minimum Gasteiger partial charge on any atom is -0.359 e. The van der Waals surface area contributed by atoms with Crippen molar-refractivity contribution in [3.05, 3.63) is 18.0 Å². The molecule has 1 saturated carbocycles. The quantitative estimate of drug-likeness (QED) is 0.617. The molecule has 0 bridgehead atoms. The van der Waals surface area contributed by atoms with E-state index in [1.807, 2.05) is 0 Å². The Morgan fingerprint density at radius 3 is 2.47 bits per heavy atom. The van der Waals surface area contributed by atoms with Gasteiger partial charge in [-0.05, 0) is 31.7 Å². The molecule has 0 spiro atoms. The van der Waals surface area contributed by atoms with Crippen molar-refractivity contribution in [2.75, 3.05) is 30.0 Å². The molecule has 2 N–H and O–H groups in total. The van der Waals surface area contributed by atoms with E-state index in [2.05, 4.69) is 25.6 Å². The molecule has 1 aliphatic carbocycles. The molecule has 32 heavy (non-hydrogen) atoms. The summed E-state index contributed by atoms with van der Waals surface area (Å²) in [6.07, 6.45) is 0.965. The molecule has 8 nitrogen and oxygen atoms in total. The van der Waals surface area contributed by atoms with Crippen molar-refractivity contribution in [1.82, 2.24) is 19.3 Å². The topological polar surface area (TPSA) is 100 Å². The fourth-order valence-corrected chi connectivity index (χ4v) is 5.00. The molecule has 1 aliphatic heterocycles. The first kappa shape index (κ1) is 22.9. The van der Waals surface area contributed by atoms with E-state index in [1.165, 1.54) is 10.5 Å². The summed E-state index contributed by atoms with van der Waals surface area (Å²) in [5, 5.41) is 6.02. The van der Waals surface area contributed by atoms with Gasteiger partial charge in [0.1, 0.15) is 11.2 Å². The molecule has 1 saturated heterocycles. The number of sulfonamides is 1. The zero-order valence-electron chi connectivity index (χ0n) is 17.4. The molecule has 0 unspecified atom stereocenters. The molecule has 2 aromatic heterocycles. The zero-order chi connectivity index (χ0) is 23.1. The number of fused-ring (bicyclic) bond motifs is 1. The first-order valence-corrected chi connectivity index (χ1v) is 12.2. The lowest BCUT2D eigenvalue weighted by Crippen LogP contribution is -2.42. The van der Waals surface area contributed by atoms with E-state index in [9.17, 15) is 26.0 Å². The number of aromatic nitrogens is 3. The van der Waals surface area contributed by atoms with Gasteiger partial charge in [0.15, 0.2) is 5.82 Å². The number of nitrogens with zero attached hydrogens (tertiary/aromatic N) is 4. The predicted octanol–water partition coefficient (Wildman–Crippen LogP) is 3.40. The number of halogens is 4. The van der Waals surface area contributed by atoms with E-state index < -0.39 is 34.1 Å². The second-order valence-corrected chi connectivity index (χ2v) is 10.2. The zero-order valence-corrected chi connectivity index (χ0v) is 18.2. The van der Waals surface area contributed by atoms with Gasteiger partial charge < -0.3 is 10.6 Å². The maximum absolute atomic E-state index is 14.1. The number of piperidine rings is 1. The van der Waals surface area contributed by atoms with E-state index >= 15 is 0 Å². The molecule has 0 radical (unpaired) electrons. The van der Waals surface area contributed by atoms with Gasteiger partial charge in [-0.3, -0.25) is 0 Å². The Morgan fingerprint density at radius 2 is 1.88 bits per heavy atom. The van der Waals surface area contributed by atoms with Crippen LogP contribution in [0.2, 0.25) is 0 Å². The normalized spacial score (nSPS) is 22.5. The van der Waals surface area contributed by atoms with Crippen LogP contribution >= 0.6 is 0 Å². The first-order chi connectivity index (χ1) is 15.0. The van der Waals surface area contributed by atoms with Crippen LogP contribution in [-0.2, 0) is 10.0 Å². The summed E-state index contributed by atoms with van der Waals surface area (Å²) in [6, 6.07) is -0.154. The average molecular weight is 477 g/mol. The van der Waals surface area contributed by atoms with Crippen LogP contribution in [0, 0.1) is 0 Å². The minimum absolute atomic E-state index is 0.0886. The van der Waals surface area contributed by atoms with Gasteiger partial charge in [-0.1, -0.05) is 0 Å². The maximum Gasteiger partial charge on any atom is 0.280 e. The number of pyridine rings is 1. The molecule has 0 amide bonds. The number of hydrogen-bond acceptors (Lipinski definition) is 7. The van der Waals surface area contributed by atoms with Gasteiger partial charge in [0.2, 0.25) is 16.0 Å². The standard InChI is InChI=1S/C19H24F4N6O2S/c1-32(30,31)29-7-4-12(5-8-29)25-18-24-10-11-9-13(16(20)21)26-17(15(11)28-18)27-14-3-2-6-19(14,22)23/h9-10,12,14,16H,2-8H2,1H3,(H,26,27)(H,24,25,28)/t14-/m0/s1. The summed E-state index contributed by atoms with van der Waals surface area (Å²) in [6.45, 7) is 0.708. The molecule has 4 rings (SSSR count). The van der Waals surface area contributed by atoms with E-state index in [0.29, 0.717) is 32.4 Å². The van der Waals surface area contributed by atoms with Crippen LogP contribution in [-0.4, -0.2) is 65.0 Å². The Morgan fingerprint density at radius 1 is 1.16 bits per heavy atom. The summed E-state index contributed by atoms with van der Waals surface area (Å²) in [7, 11) is -3.25. The van der Waals surface area contributed by atoms with Crippen molar-refractivity contribution in [2.45, 2.75) is 56.5 Å². The highest BCUT2D eigenvalue weighted by molar-refractivity contribution is 7.88. The van der Waals surface area contributed by atoms with Crippen molar-refractivity contribution >= 4 is 32.7 Å². The van der Waals surface area contributed by atoms with Crippen LogP contribution in [0.3, 0.4) is 0 Å². The summed E-state index contributed by atoms with van der Waals surface area (Å²) in [4.78, 5) is 12.4. The Labute approximate surface area is 182 Å². The van der Waals surface area contributed by atoms with Gasteiger partial charge in [-0.2, -0.15) is 0 Å². The van der Waals surface area contributed by atoms with Crippen molar-refractivity contribution in [1.29, 1.82) is 0 Å². The lowest BCUT2D eigenvalue weighted by Gasteiger charge is -2.30. The van der Waals surface area contributed by atoms with Gasteiger partial charge >= 0.3 is 0 Å². The maximum atomic E-state index is 14.1. The number of alkyl halides is 4.